The van der Waals surface area contributed by atoms with Crippen molar-refractivity contribution >= 4 is 29.0 Å². The van der Waals surface area contributed by atoms with Crippen LogP contribution in [0.4, 0.5) is 9.18 Å². The number of aromatic nitrogens is 2. The Morgan fingerprint density at radius 2 is 1.87 bits per heavy atom. The van der Waals surface area contributed by atoms with Gasteiger partial charge in [-0.1, -0.05) is 22.9 Å². The molecular weight excluding hydrogens is 545 g/mol. The summed E-state index contributed by atoms with van der Waals surface area (Å²) in [5.41, 5.74) is -0.297. The van der Waals surface area contributed by atoms with Crippen molar-refractivity contribution in [1.82, 2.24) is 15.1 Å². The molecule has 1 unspecified atom stereocenters. The minimum atomic E-state index is -0.895. The van der Waals surface area contributed by atoms with Crippen LogP contribution in [-0.4, -0.2) is 57.9 Å². The SMILES string of the molecule is CC(C)Oc1ccc(-c2nnc(-c3cc(F)c(OCC4COC(C)(C)N4C(=O)OC(C)(C)C)cc3Cl)s2)cc1. The van der Waals surface area contributed by atoms with Crippen molar-refractivity contribution < 1.29 is 28.1 Å². The third kappa shape index (κ3) is 6.98. The quantitative estimate of drug-likeness (QED) is 0.293. The number of amides is 1. The summed E-state index contributed by atoms with van der Waals surface area (Å²) >= 11 is 7.82. The number of rotatable bonds is 7. The molecule has 3 aromatic rings. The molecule has 210 valence electrons. The Morgan fingerprint density at radius 1 is 1.21 bits per heavy atom. The Kier molecular flexibility index (Phi) is 8.39. The number of nitrogens with zero attached hydrogens (tertiary/aromatic N) is 3. The predicted octanol–water partition coefficient (Wildman–Crippen LogP) is 7.20. The van der Waals surface area contributed by atoms with E-state index < -0.39 is 29.3 Å². The highest BCUT2D eigenvalue weighted by molar-refractivity contribution is 7.18. The lowest BCUT2D eigenvalue weighted by Crippen LogP contribution is -2.51. The average Bonchev–Trinajstić information content (AvgIpc) is 3.42. The van der Waals surface area contributed by atoms with Crippen LogP contribution in [0.25, 0.3) is 21.1 Å². The summed E-state index contributed by atoms with van der Waals surface area (Å²) in [4.78, 5) is 14.3. The minimum absolute atomic E-state index is 0.00522. The second-order valence-electron chi connectivity index (χ2n) is 10.9. The van der Waals surface area contributed by atoms with Gasteiger partial charge in [0.15, 0.2) is 11.6 Å². The van der Waals surface area contributed by atoms with Gasteiger partial charge < -0.3 is 18.9 Å². The first-order chi connectivity index (χ1) is 18.2. The summed E-state index contributed by atoms with van der Waals surface area (Å²) in [5, 5.41) is 9.88. The molecule has 0 N–H and O–H groups in total. The Balaban J connectivity index is 1.47. The van der Waals surface area contributed by atoms with Crippen LogP contribution >= 0.6 is 22.9 Å². The second-order valence-corrected chi connectivity index (χ2v) is 12.3. The molecule has 1 aromatic heterocycles. The van der Waals surface area contributed by atoms with Gasteiger partial charge in [-0.25, -0.2) is 9.18 Å². The molecule has 11 heteroatoms. The summed E-state index contributed by atoms with van der Waals surface area (Å²) in [6.45, 7) is 13.1. The van der Waals surface area contributed by atoms with E-state index in [0.29, 0.717) is 15.6 Å². The number of ether oxygens (including phenoxy) is 4. The molecule has 1 fully saturated rings. The van der Waals surface area contributed by atoms with Gasteiger partial charge in [0.05, 0.1) is 23.8 Å². The van der Waals surface area contributed by atoms with Gasteiger partial charge in [-0.3, -0.25) is 4.90 Å². The summed E-state index contributed by atoms with van der Waals surface area (Å²) in [6, 6.07) is 9.75. The van der Waals surface area contributed by atoms with Crippen molar-refractivity contribution in [2.45, 2.75) is 71.9 Å². The Morgan fingerprint density at radius 3 is 2.51 bits per heavy atom. The normalized spacial score (nSPS) is 17.0. The fourth-order valence-electron chi connectivity index (χ4n) is 4.07. The van der Waals surface area contributed by atoms with Gasteiger partial charge in [0.2, 0.25) is 0 Å². The molecule has 8 nitrogen and oxygen atoms in total. The van der Waals surface area contributed by atoms with E-state index in [1.807, 2.05) is 38.1 Å². The highest BCUT2D eigenvalue weighted by atomic mass is 35.5. The van der Waals surface area contributed by atoms with Gasteiger partial charge in [-0.05, 0) is 78.8 Å². The number of carbonyl (C=O) groups excluding carboxylic acids is 1. The van der Waals surface area contributed by atoms with Crippen LogP contribution in [-0.2, 0) is 9.47 Å². The van der Waals surface area contributed by atoms with E-state index in [9.17, 15) is 4.79 Å². The molecule has 2 heterocycles. The standard InChI is InChI=1S/C28H33ClFN3O5S/c1-16(2)37-19-10-8-17(9-11-19)24-31-32-25(39-24)20-12-22(30)23(13-21(20)29)35-14-18-15-36-28(6,7)33(18)26(34)38-27(3,4)5/h8-13,16,18H,14-15H2,1-7H3. The molecular formula is C28H33ClFN3O5S. The number of halogens is 2. The van der Waals surface area contributed by atoms with Crippen molar-refractivity contribution in [1.29, 1.82) is 0 Å². The van der Waals surface area contributed by atoms with Crippen LogP contribution in [0.15, 0.2) is 36.4 Å². The molecule has 1 aliphatic heterocycles. The first-order valence-electron chi connectivity index (χ1n) is 12.6. The maximum absolute atomic E-state index is 15.1. The Hall–Kier alpha value is -2.95. The lowest BCUT2D eigenvalue weighted by Gasteiger charge is -2.35. The molecule has 2 aromatic carbocycles. The van der Waals surface area contributed by atoms with E-state index >= 15 is 4.39 Å². The van der Waals surface area contributed by atoms with Gasteiger partial charge >= 0.3 is 6.09 Å². The van der Waals surface area contributed by atoms with Gasteiger partial charge in [0.25, 0.3) is 0 Å². The first-order valence-corrected chi connectivity index (χ1v) is 13.8. The third-order valence-corrected chi connectivity index (χ3v) is 7.06. The van der Waals surface area contributed by atoms with Crippen LogP contribution in [0.3, 0.4) is 0 Å². The highest BCUT2D eigenvalue weighted by Crippen LogP contribution is 2.38. The zero-order valence-corrected chi connectivity index (χ0v) is 24.7. The fourth-order valence-corrected chi connectivity index (χ4v) is 5.25. The molecule has 0 radical (unpaired) electrons. The molecule has 0 aliphatic carbocycles. The number of benzene rings is 2. The van der Waals surface area contributed by atoms with Gasteiger partial charge in [0.1, 0.15) is 33.7 Å². The van der Waals surface area contributed by atoms with Gasteiger partial charge in [0, 0.05) is 17.2 Å². The van der Waals surface area contributed by atoms with E-state index in [0.717, 1.165) is 11.3 Å². The Bertz CT molecular complexity index is 1320. The highest BCUT2D eigenvalue weighted by Gasteiger charge is 2.46. The van der Waals surface area contributed by atoms with Crippen LogP contribution in [0.1, 0.15) is 48.5 Å². The minimum Gasteiger partial charge on any atom is -0.491 e. The van der Waals surface area contributed by atoms with Gasteiger partial charge in [-0.2, -0.15) is 0 Å². The Labute approximate surface area is 237 Å². The number of carbonyl (C=O) groups is 1. The van der Waals surface area contributed by atoms with Gasteiger partial charge in [-0.15, -0.1) is 10.2 Å². The largest absolute Gasteiger partial charge is 0.491 e. The van der Waals surface area contributed by atoms with Crippen molar-refractivity contribution in [3.63, 3.8) is 0 Å². The van der Waals surface area contributed by atoms with Crippen LogP contribution in [0.5, 0.6) is 11.5 Å². The number of hydrogen-bond acceptors (Lipinski definition) is 8. The maximum Gasteiger partial charge on any atom is 0.413 e. The zero-order chi connectivity index (χ0) is 28.5. The van der Waals surface area contributed by atoms with E-state index in [1.54, 1.807) is 34.6 Å². The third-order valence-electron chi connectivity index (χ3n) is 5.75. The van der Waals surface area contributed by atoms with E-state index in [2.05, 4.69) is 10.2 Å². The molecule has 1 amide bonds. The molecule has 1 atom stereocenters. The van der Waals surface area contributed by atoms with Crippen molar-refractivity contribution in [2.75, 3.05) is 13.2 Å². The maximum atomic E-state index is 15.1. The number of hydrogen-bond donors (Lipinski definition) is 0. The average molecular weight is 578 g/mol. The molecule has 39 heavy (non-hydrogen) atoms. The molecule has 0 bridgehead atoms. The molecule has 4 rings (SSSR count). The van der Waals surface area contributed by atoms with Crippen LogP contribution in [0, 0.1) is 5.82 Å². The van der Waals surface area contributed by atoms with Crippen molar-refractivity contribution in [2.24, 2.45) is 0 Å². The molecule has 0 saturated carbocycles. The van der Waals surface area contributed by atoms with Crippen molar-refractivity contribution in [3.8, 4) is 32.6 Å². The van der Waals surface area contributed by atoms with Crippen LogP contribution in [0.2, 0.25) is 5.02 Å². The van der Waals surface area contributed by atoms with Crippen molar-refractivity contribution in [3.05, 3.63) is 47.2 Å². The smallest absolute Gasteiger partial charge is 0.413 e. The summed E-state index contributed by atoms with van der Waals surface area (Å²) < 4.78 is 37.9. The first kappa shape index (κ1) is 29.0. The van der Waals surface area contributed by atoms with Crippen LogP contribution < -0.4 is 9.47 Å². The lowest BCUT2D eigenvalue weighted by atomic mass is 10.2. The fraction of sp³-hybridized carbons (Fsp3) is 0.464. The summed E-state index contributed by atoms with van der Waals surface area (Å²) in [7, 11) is 0. The van der Waals surface area contributed by atoms with E-state index in [-0.39, 0.29) is 30.1 Å². The molecule has 1 aliphatic rings. The lowest BCUT2D eigenvalue weighted by molar-refractivity contribution is -0.0637. The summed E-state index contributed by atoms with van der Waals surface area (Å²) in [6.07, 6.45) is -0.447. The van der Waals surface area contributed by atoms with E-state index in [1.165, 1.54) is 28.4 Å². The second kappa shape index (κ2) is 11.3. The predicted molar refractivity (Wildman–Crippen MR) is 149 cm³/mol. The summed E-state index contributed by atoms with van der Waals surface area (Å²) in [5.74, 6) is 0.118. The molecule has 1 saturated heterocycles. The monoisotopic (exact) mass is 577 g/mol. The zero-order valence-electron chi connectivity index (χ0n) is 23.1. The topological polar surface area (TPSA) is 83.0 Å². The van der Waals surface area contributed by atoms with E-state index in [4.69, 9.17) is 30.5 Å². The molecule has 0 spiro atoms.